The third-order valence-corrected chi connectivity index (χ3v) is 4.53. The van der Waals surface area contributed by atoms with Crippen molar-refractivity contribution in [2.45, 2.75) is 37.6 Å². The van der Waals surface area contributed by atoms with Gasteiger partial charge in [-0.05, 0) is 55.3 Å². The molecule has 0 unspecified atom stereocenters. The Morgan fingerprint density at radius 3 is 3.11 bits per heavy atom. The number of aromatic hydroxyl groups is 1. The summed E-state index contributed by atoms with van der Waals surface area (Å²) in [5.41, 5.74) is 2.58. The van der Waals surface area contributed by atoms with Crippen LogP contribution >= 0.6 is 0 Å². The zero-order chi connectivity index (χ0) is 12.5. The van der Waals surface area contributed by atoms with Crippen LogP contribution in [0.3, 0.4) is 0 Å². The third kappa shape index (κ3) is 1.85. The molecule has 1 fully saturated rings. The molecule has 0 bridgehead atoms. The Labute approximate surface area is 109 Å². The van der Waals surface area contributed by atoms with E-state index in [0.29, 0.717) is 17.7 Å². The second-order valence-corrected chi connectivity index (χ2v) is 5.48. The molecule has 1 aromatic carbocycles. The lowest BCUT2D eigenvalue weighted by Gasteiger charge is -2.44. The maximum Gasteiger partial charge on any atom is 0.119 e. The zero-order valence-electron chi connectivity index (χ0n) is 10.8. The summed E-state index contributed by atoms with van der Waals surface area (Å²) in [7, 11) is 0. The third-order valence-electron chi connectivity index (χ3n) is 4.53. The first-order chi connectivity index (χ1) is 8.81. The van der Waals surface area contributed by atoms with Gasteiger partial charge in [0.15, 0.2) is 0 Å². The van der Waals surface area contributed by atoms with Crippen LogP contribution in [0.5, 0.6) is 5.75 Å². The van der Waals surface area contributed by atoms with Gasteiger partial charge in [0.2, 0.25) is 0 Å². The summed E-state index contributed by atoms with van der Waals surface area (Å²) in [6.07, 6.45) is 6.71. The SMILES string of the molecule is C=CCN1CCC[C@H]2c3cccc(O)c3CC[C@@H]21. The highest BCUT2D eigenvalue weighted by molar-refractivity contribution is 5.44. The molecule has 1 aromatic rings. The number of likely N-dealkylation sites (tertiary alicyclic amines) is 1. The first-order valence-electron chi connectivity index (χ1n) is 6.97. The minimum atomic E-state index is 0.492. The number of phenolic OH excluding ortho intramolecular Hbond substituents is 1. The molecule has 2 aliphatic rings. The van der Waals surface area contributed by atoms with Crippen LogP contribution in [0.4, 0.5) is 0 Å². The Morgan fingerprint density at radius 1 is 1.39 bits per heavy atom. The lowest BCUT2D eigenvalue weighted by atomic mass is 9.74. The number of phenols is 1. The lowest BCUT2D eigenvalue weighted by Crippen LogP contribution is -2.46. The highest BCUT2D eigenvalue weighted by atomic mass is 16.3. The highest BCUT2D eigenvalue weighted by Gasteiger charge is 2.36. The average Bonchev–Trinajstić information content (AvgIpc) is 2.40. The summed E-state index contributed by atoms with van der Waals surface area (Å²) in [5, 5.41) is 9.99. The number of fused-ring (bicyclic) bond motifs is 3. The maximum absolute atomic E-state index is 9.99. The number of hydrogen-bond donors (Lipinski definition) is 1. The van der Waals surface area contributed by atoms with Gasteiger partial charge in [0.25, 0.3) is 0 Å². The molecule has 1 aliphatic carbocycles. The maximum atomic E-state index is 9.99. The van der Waals surface area contributed by atoms with Crippen molar-refractivity contribution in [3.8, 4) is 5.75 Å². The Kier molecular flexibility index (Phi) is 3.13. The molecule has 0 radical (unpaired) electrons. The molecule has 2 atom stereocenters. The van der Waals surface area contributed by atoms with E-state index in [4.69, 9.17) is 0 Å². The van der Waals surface area contributed by atoms with E-state index in [1.54, 1.807) is 0 Å². The molecule has 0 saturated carbocycles. The molecule has 0 amide bonds. The van der Waals surface area contributed by atoms with E-state index in [2.05, 4.69) is 17.5 Å². The van der Waals surface area contributed by atoms with Crippen molar-refractivity contribution < 1.29 is 5.11 Å². The van der Waals surface area contributed by atoms with Gasteiger partial charge >= 0.3 is 0 Å². The quantitative estimate of drug-likeness (QED) is 0.807. The molecule has 0 spiro atoms. The number of hydrogen-bond acceptors (Lipinski definition) is 2. The summed E-state index contributed by atoms with van der Waals surface area (Å²) in [6.45, 7) is 6.06. The number of benzene rings is 1. The topological polar surface area (TPSA) is 23.5 Å². The summed E-state index contributed by atoms with van der Waals surface area (Å²) in [4.78, 5) is 2.56. The average molecular weight is 243 g/mol. The second-order valence-electron chi connectivity index (χ2n) is 5.48. The van der Waals surface area contributed by atoms with E-state index in [9.17, 15) is 5.11 Å². The van der Waals surface area contributed by atoms with Crippen LogP contribution in [0.1, 0.15) is 36.3 Å². The Morgan fingerprint density at radius 2 is 2.28 bits per heavy atom. The fraction of sp³-hybridized carbons (Fsp3) is 0.500. The predicted octanol–water partition coefficient (Wildman–Crippen LogP) is 3.07. The van der Waals surface area contributed by atoms with Gasteiger partial charge in [-0.3, -0.25) is 4.90 Å². The summed E-state index contributed by atoms with van der Waals surface area (Å²) < 4.78 is 0. The molecular weight excluding hydrogens is 222 g/mol. The van der Waals surface area contributed by atoms with Crippen LogP contribution in [0.2, 0.25) is 0 Å². The molecule has 96 valence electrons. The van der Waals surface area contributed by atoms with Gasteiger partial charge in [-0.2, -0.15) is 0 Å². The van der Waals surface area contributed by atoms with Crippen molar-refractivity contribution in [2.75, 3.05) is 13.1 Å². The van der Waals surface area contributed by atoms with E-state index >= 15 is 0 Å². The number of rotatable bonds is 2. The van der Waals surface area contributed by atoms with Gasteiger partial charge in [0.05, 0.1) is 0 Å². The molecule has 18 heavy (non-hydrogen) atoms. The van der Waals surface area contributed by atoms with E-state index < -0.39 is 0 Å². The van der Waals surface area contributed by atoms with E-state index in [1.165, 1.54) is 36.9 Å². The van der Waals surface area contributed by atoms with Crippen LogP contribution in [-0.2, 0) is 6.42 Å². The molecule has 1 heterocycles. The van der Waals surface area contributed by atoms with Gasteiger partial charge in [-0.1, -0.05) is 18.2 Å². The number of piperidine rings is 1. The molecule has 0 aromatic heterocycles. The highest BCUT2D eigenvalue weighted by Crippen LogP contribution is 2.42. The Hall–Kier alpha value is -1.28. The van der Waals surface area contributed by atoms with E-state index in [1.807, 2.05) is 18.2 Å². The van der Waals surface area contributed by atoms with Crippen molar-refractivity contribution in [3.05, 3.63) is 42.0 Å². The summed E-state index contributed by atoms with van der Waals surface area (Å²) in [6, 6.07) is 6.67. The molecule has 1 N–H and O–H groups in total. The van der Waals surface area contributed by atoms with Crippen LogP contribution in [0.25, 0.3) is 0 Å². The molecule has 2 heteroatoms. The Bertz CT molecular complexity index is 454. The minimum absolute atomic E-state index is 0.492. The minimum Gasteiger partial charge on any atom is -0.508 e. The van der Waals surface area contributed by atoms with Crippen LogP contribution in [0.15, 0.2) is 30.9 Å². The molecule has 2 nitrogen and oxygen atoms in total. The van der Waals surface area contributed by atoms with Crippen LogP contribution in [0, 0.1) is 0 Å². The van der Waals surface area contributed by atoms with Crippen molar-refractivity contribution in [1.82, 2.24) is 4.90 Å². The van der Waals surface area contributed by atoms with Gasteiger partial charge < -0.3 is 5.11 Å². The van der Waals surface area contributed by atoms with Crippen molar-refractivity contribution in [3.63, 3.8) is 0 Å². The summed E-state index contributed by atoms with van der Waals surface area (Å²) in [5.74, 6) is 1.10. The van der Waals surface area contributed by atoms with Gasteiger partial charge in [0, 0.05) is 12.6 Å². The smallest absolute Gasteiger partial charge is 0.119 e. The van der Waals surface area contributed by atoms with E-state index in [0.717, 1.165) is 13.0 Å². The molecule has 1 saturated heterocycles. The van der Waals surface area contributed by atoms with Crippen molar-refractivity contribution in [2.24, 2.45) is 0 Å². The molecule has 3 rings (SSSR count). The Balaban J connectivity index is 1.94. The zero-order valence-corrected chi connectivity index (χ0v) is 10.8. The van der Waals surface area contributed by atoms with Gasteiger partial charge in [0.1, 0.15) is 5.75 Å². The number of nitrogens with zero attached hydrogens (tertiary/aromatic N) is 1. The van der Waals surface area contributed by atoms with Crippen molar-refractivity contribution >= 4 is 0 Å². The predicted molar refractivity (Wildman–Crippen MR) is 74.0 cm³/mol. The second kappa shape index (κ2) is 4.77. The molecule has 1 aliphatic heterocycles. The van der Waals surface area contributed by atoms with E-state index in [-0.39, 0.29) is 0 Å². The van der Waals surface area contributed by atoms with Crippen LogP contribution in [-0.4, -0.2) is 29.1 Å². The monoisotopic (exact) mass is 243 g/mol. The standard InChI is InChI=1S/C16H21NO/c1-2-10-17-11-4-6-13-12-5-3-7-16(18)14(12)8-9-15(13)17/h2-3,5,7,13,15,18H,1,4,6,8-11H2/t13-,15-/m0/s1. The van der Waals surface area contributed by atoms with Crippen molar-refractivity contribution in [1.29, 1.82) is 0 Å². The van der Waals surface area contributed by atoms with Gasteiger partial charge in [-0.25, -0.2) is 0 Å². The summed E-state index contributed by atoms with van der Waals surface area (Å²) >= 11 is 0. The largest absolute Gasteiger partial charge is 0.508 e. The molecular formula is C16H21NO. The fourth-order valence-electron chi connectivity index (χ4n) is 3.77. The fourth-order valence-corrected chi connectivity index (χ4v) is 3.77. The van der Waals surface area contributed by atoms with Crippen LogP contribution < -0.4 is 0 Å². The first kappa shape index (κ1) is 11.8. The first-order valence-corrected chi connectivity index (χ1v) is 6.97. The normalized spacial score (nSPS) is 27.3. The lowest BCUT2D eigenvalue weighted by molar-refractivity contribution is 0.126. The van der Waals surface area contributed by atoms with Gasteiger partial charge in [-0.15, -0.1) is 6.58 Å².